The second-order valence-electron chi connectivity index (χ2n) is 4.68. The van der Waals surface area contributed by atoms with Crippen LogP contribution in [0.1, 0.15) is 11.4 Å². The van der Waals surface area contributed by atoms with Gasteiger partial charge >= 0.3 is 0 Å². The Kier molecular flexibility index (Phi) is 3.90. The van der Waals surface area contributed by atoms with E-state index in [1.165, 1.54) is 23.0 Å². The maximum Gasteiger partial charge on any atom is 0.262 e. The molecule has 1 heterocycles. The van der Waals surface area contributed by atoms with Crippen LogP contribution in [-0.4, -0.2) is 23.8 Å². The monoisotopic (exact) mass is 279 g/mol. The Labute approximate surface area is 116 Å². The van der Waals surface area contributed by atoms with Crippen molar-refractivity contribution in [2.45, 2.75) is 25.4 Å². The Morgan fingerprint density at radius 1 is 1.45 bits per heavy atom. The van der Waals surface area contributed by atoms with Crippen LogP contribution >= 0.6 is 0 Å². The molecule has 2 N–H and O–H groups in total. The molecule has 0 saturated carbocycles. The number of hydrogen-bond donors (Lipinski definition) is 1. The van der Waals surface area contributed by atoms with Crippen LogP contribution < -0.4 is 11.2 Å². The second-order valence-corrected chi connectivity index (χ2v) is 4.68. The minimum Gasteiger partial charge on any atom is -0.333 e. The van der Waals surface area contributed by atoms with Gasteiger partial charge in [0.15, 0.2) is 0 Å². The fourth-order valence-electron chi connectivity index (χ4n) is 2.02. The lowest BCUT2D eigenvalue weighted by Crippen LogP contribution is -2.48. The maximum absolute atomic E-state index is 13.9. The summed E-state index contributed by atoms with van der Waals surface area (Å²) in [5.74, 6) is -0.287. The summed E-state index contributed by atoms with van der Waals surface area (Å²) in [5.41, 5.74) is 3.50. The van der Waals surface area contributed by atoms with Crippen LogP contribution in [0.15, 0.2) is 30.6 Å². The van der Waals surface area contributed by atoms with E-state index in [1.54, 1.807) is 6.92 Å². The predicted molar refractivity (Wildman–Crippen MR) is 70.6 cm³/mol. The summed E-state index contributed by atoms with van der Waals surface area (Å²) in [7, 11) is 5.54. The molecule has 0 fully saturated rings. The quantitative estimate of drug-likeness (QED) is 0.856. The van der Waals surface area contributed by atoms with Crippen molar-refractivity contribution in [2.75, 3.05) is 0 Å². The van der Waals surface area contributed by atoms with E-state index in [0.717, 1.165) is 12.1 Å². The highest BCUT2D eigenvalue weighted by molar-refractivity contribution is 6.32. The molecular weight excluding hydrogens is 266 g/mol. The van der Waals surface area contributed by atoms with Crippen molar-refractivity contribution in [3.05, 3.63) is 47.8 Å². The first-order valence-electron chi connectivity index (χ1n) is 5.95. The molecule has 2 aromatic rings. The number of aryl methyl sites for hydroxylation is 1. The zero-order valence-corrected chi connectivity index (χ0v) is 10.9. The van der Waals surface area contributed by atoms with Crippen LogP contribution in [0.5, 0.6) is 0 Å². The number of imidazole rings is 1. The fourth-order valence-corrected chi connectivity index (χ4v) is 2.02. The molecule has 2 rings (SSSR count). The first kappa shape index (κ1) is 14.6. The van der Waals surface area contributed by atoms with Crippen LogP contribution in [-0.2, 0) is 12.1 Å². The summed E-state index contributed by atoms with van der Waals surface area (Å²) in [6, 6.07) is 3.48. The summed E-state index contributed by atoms with van der Waals surface area (Å²) in [4.78, 5) is 3.94. The number of hydrogen-bond acceptors (Lipinski definition) is 2. The SMILES string of the molecule is [B]c1ccc(F)c(C(N)(Cn2ccnc2C)C(F)F)c1. The minimum atomic E-state index is -2.96. The van der Waals surface area contributed by atoms with Crippen molar-refractivity contribution in [3.8, 4) is 0 Å². The highest BCUT2D eigenvalue weighted by Crippen LogP contribution is 2.29. The summed E-state index contributed by atoms with van der Waals surface area (Å²) < 4.78 is 42.2. The molecule has 1 unspecified atom stereocenters. The molecule has 7 heteroatoms. The number of benzene rings is 1. The lowest BCUT2D eigenvalue weighted by molar-refractivity contribution is 0.0388. The molecule has 1 aromatic heterocycles. The number of halogens is 3. The molecular formula is C13H13BF3N3. The number of nitrogens with zero attached hydrogens (tertiary/aromatic N) is 2. The fraction of sp³-hybridized carbons (Fsp3) is 0.308. The van der Waals surface area contributed by atoms with Crippen molar-refractivity contribution in [2.24, 2.45) is 5.73 Å². The van der Waals surface area contributed by atoms with Crippen molar-refractivity contribution in [3.63, 3.8) is 0 Å². The Balaban J connectivity index is 2.49. The molecule has 0 aliphatic rings. The third kappa shape index (κ3) is 2.58. The number of alkyl halides is 2. The van der Waals surface area contributed by atoms with Crippen LogP contribution in [0, 0.1) is 12.7 Å². The molecule has 2 radical (unpaired) electrons. The van der Waals surface area contributed by atoms with E-state index in [2.05, 4.69) is 4.98 Å². The average Bonchev–Trinajstić information content (AvgIpc) is 2.77. The zero-order chi connectivity index (χ0) is 14.9. The van der Waals surface area contributed by atoms with Gasteiger partial charge in [0.2, 0.25) is 0 Å². The minimum absolute atomic E-state index is 0.180. The molecule has 0 spiro atoms. The van der Waals surface area contributed by atoms with E-state index < -0.39 is 17.8 Å². The number of rotatable bonds is 4. The van der Waals surface area contributed by atoms with E-state index in [1.807, 2.05) is 0 Å². The van der Waals surface area contributed by atoms with Crippen LogP contribution in [0.4, 0.5) is 13.2 Å². The molecule has 1 atom stereocenters. The van der Waals surface area contributed by atoms with E-state index in [-0.39, 0.29) is 17.6 Å². The van der Waals surface area contributed by atoms with Crippen molar-refractivity contribution < 1.29 is 13.2 Å². The van der Waals surface area contributed by atoms with Gasteiger partial charge in [-0.15, -0.1) is 0 Å². The molecule has 0 saturated heterocycles. The largest absolute Gasteiger partial charge is 0.333 e. The molecule has 1 aromatic carbocycles. The van der Waals surface area contributed by atoms with Gasteiger partial charge in [0.25, 0.3) is 6.43 Å². The van der Waals surface area contributed by atoms with Gasteiger partial charge in [-0.05, 0) is 13.0 Å². The maximum atomic E-state index is 13.9. The first-order chi connectivity index (χ1) is 9.34. The smallest absolute Gasteiger partial charge is 0.262 e. The summed E-state index contributed by atoms with van der Waals surface area (Å²) in [6.45, 7) is 1.36. The molecule has 0 bridgehead atoms. The average molecular weight is 279 g/mol. The van der Waals surface area contributed by atoms with Crippen LogP contribution in [0.3, 0.4) is 0 Å². The lowest BCUT2D eigenvalue weighted by Gasteiger charge is -2.30. The molecule has 104 valence electrons. The first-order valence-corrected chi connectivity index (χ1v) is 5.95. The van der Waals surface area contributed by atoms with Crippen molar-refractivity contribution in [1.82, 2.24) is 9.55 Å². The van der Waals surface area contributed by atoms with Gasteiger partial charge in [-0.1, -0.05) is 17.6 Å². The van der Waals surface area contributed by atoms with E-state index in [4.69, 9.17) is 13.6 Å². The lowest BCUT2D eigenvalue weighted by atomic mass is 9.85. The molecule has 0 amide bonds. The van der Waals surface area contributed by atoms with E-state index in [9.17, 15) is 13.2 Å². The van der Waals surface area contributed by atoms with Gasteiger partial charge < -0.3 is 10.3 Å². The Bertz CT molecular complexity index is 615. The van der Waals surface area contributed by atoms with Gasteiger partial charge in [0.05, 0.1) is 6.54 Å². The molecule has 0 aliphatic heterocycles. The van der Waals surface area contributed by atoms with Gasteiger partial charge in [0.1, 0.15) is 25.0 Å². The topological polar surface area (TPSA) is 43.8 Å². The van der Waals surface area contributed by atoms with Crippen molar-refractivity contribution >= 4 is 13.3 Å². The molecule has 20 heavy (non-hydrogen) atoms. The standard InChI is InChI=1S/C13H13BF3N3/c1-8-19-4-5-20(8)7-13(18,12(16)17)10-6-9(14)2-3-11(10)15/h2-6,12H,7,18H2,1H3. The van der Waals surface area contributed by atoms with Crippen LogP contribution in [0.25, 0.3) is 0 Å². The predicted octanol–water partition coefficient (Wildman–Crippen LogP) is 1.24. The Morgan fingerprint density at radius 2 is 2.15 bits per heavy atom. The molecule has 0 aliphatic carbocycles. The Morgan fingerprint density at radius 3 is 2.70 bits per heavy atom. The zero-order valence-electron chi connectivity index (χ0n) is 10.9. The highest BCUT2D eigenvalue weighted by Gasteiger charge is 2.40. The number of nitrogens with two attached hydrogens (primary N) is 1. The normalized spacial score (nSPS) is 14.5. The van der Waals surface area contributed by atoms with Gasteiger partial charge in [-0.3, -0.25) is 0 Å². The highest BCUT2D eigenvalue weighted by atomic mass is 19.3. The van der Waals surface area contributed by atoms with E-state index >= 15 is 0 Å². The Hall–Kier alpha value is -1.76. The van der Waals surface area contributed by atoms with Gasteiger partial charge in [-0.2, -0.15) is 0 Å². The van der Waals surface area contributed by atoms with E-state index in [0.29, 0.717) is 5.82 Å². The summed E-state index contributed by atoms with van der Waals surface area (Å²) in [5, 5.41) is 0. The van der Waals surface area contributed by atoms with Gasteiger partial charge in [-0.25, -0.2) is 18.2 Å². The third-order valence-electron chi connectivity index (χ3n) is 3.24. The molecule has 3 nitrogen and oxygen atoms in total. The third-order valence-corrected chi connectivity index (χ3v) is 3.24. The van der Waals surface area contributed by atoms with Crippen molar-refractivity contribution in [1.29, 1.82) is 0 Å². The summed E-state index contributed by atoms with van der Waals surface area (Å²) in [6.07, 6.45) is 0.0288. The second kappa shape index (κ2) is 5.32. The number of aromatic nitrogens is 2. The van der Waals surface area contributed by atoms with Gasteiger partial charge in [0, 0.05) is 18.0 Å². The van der Waals surface area contributed by atoms with Crippen LogP contribution in [0.2, 0.25) is 0 Å². The summed E-state index contributed by atoms with van der Waals surface area (Å²) >= 11 is 0.